The fraction of sp³-hybridized carbons (Fsp3) is 0.542. The molecule has 1 atom stereocenters. The molecule has 0 radical (unpaired) electrons. The van der Waals surface area contributed by atoms with Crippen molar-refractivity contribution in [2.24, 2.45) is 11.1 Å². The number of aliphatic hydroxyl groups is 1. The number of likely N-dealkylation sites (tertiary alicyclic amines) is 1. The highest BCUT2D eigenvalue weighted by molar-refractivity contribution is 7.09. The zero-order valence-electron chi connectivity index (χ0n) is 19.8. The molecule has 0 spiro atoms. The highest BCUT2D eigenvalue weighted by Gasteiger charge is 2.54. The summed E-state index contributed by atoms with van der Waals surface area (Å²) in [5.74, 6) is -0.990. The van der Waals surface area contributed by atoms with Gasteiger partial charge in [0, 0.05) is 42.4 Å². The predicted molar refractivity (Wildman–Crippen MR) is 129 cm³/mol. The molecular formula is C24H30F3N5O3S. The SMILES string of the molecule is C[C@H](N)C1(C(=O)NCC(=O)Nc2cccc(C(F)(F)F)c2)CN(C2CCC(O)(c3nccs3)CC2)C1. The number of nitrogens with zero attached hydrogens (tertiary/aromatic N) is 2. The van der Waals surface area contributed by atoms with Crippen molar-refractivity contribution in [1.82, 2.24) is 15.2 Å². The van der Waals surface area contributed by atoms with Gasteiger partial charge in [0.1, 0.15) is 10.6 Å². The second-order valence-electron chi connectivity index (χ2n) is 9.76. The number of halogens is 3. The van der Waals surface area contributed by atoms with Crippen molar-refractivity contribution in [3.8, 4) is 0 Å². The summed E-state index contributed by atoms with van der Waals surface area (Å²) in [7, 11) is 0. The lowest BCUT2D eigenvalue weighted by Gasteiger charge is -2.55. The summed E-state index contributed by atoms with van der Waals surface area (Å²) in [6, 6.07) is 4.06. The van der Waals surface area contributed by atoms with Gasteiger partial charge in [-0.15, -0.1) is 11.3 Å². The molecule has 1 aliphatic carbocycles. The number of benzene rings is 1. The molecule has 12 heteroatoms. The molecule has 0 unspecified atom stereocenters. The van der Waals surface area contributed by atoms with E-state index in [2.05, 4.69) is 20.5 Å². The Labute approximate surface area is 211 Å². The first kappa shape index (κ1) is 26.5. The number of alkyl halides is 3. The lowest BCUT2D eigenvalue weighted by Crippen LogP contribution is -2.71. The summed E-state index contributed by atoms with van der Waals surface area (Å²) >= 11 is 1.45. The molecule has 1 saturated carbocycles. The van der Waals surface area contributed by atoms with E-state index in [0.29, 0.717) is 25.9 Å². The van der Waals surface area contributed by atoms with Crippen molar-refractivity contribution in [2.75, 3.05) is 25.0 Å². The van der Waals surface area contributed by atoms with Crippen molar-refractivity contribution in [3.05, 3.63) is 46.4 Å². The number of carbonyl (C=O) groups excluding carboxylic acids is 2. The number of anilines is 1. The quantitative estimate of drug-likeness (QED) is 0.441. The van der Waals surface area contributed by atoms with Crippen molar-refractivity contribution in [1.29, 1.82) is 0 Å². The van der Waals surface area contributed by atoms with Gasteiger partial charge in [-0.25, -0.2) is 4.98 Å². The molecule has 8 nitrogen and oxygen atoms in total. The van der Waals surface area contributed by atoms with Crippen LogP contribution in [0, 0.1) is 5.41 Å². The standard InChI is InChI=1S/C24H30F3N5O3S/c1-15(28)22(13-32(14-22)18-5-7-23(35,8-6-18)21-29-9-10-36-21)20(34)30-12-19(33)31-17-4-2-3-16(11-17)24(25,26)27/h2-4,9-11,15,18,35H,5-8,12-14,28H2,1H3,(H,30,34)(H,31,33)/t15-,18?,23?/m0/s1. The Morgan fingerprint density at radius 2 is 2.00 bits per heavy atom. The molecule has 2 aromatic rings. The van der Waals surface area contributed by atoms with Crippen LogP contribution in [-0.4, -0.2) is 58.5 Å². The number of carbonyl (C=O) groups is 2. The molecule has 1 aliphatic heterocycles. The number of nitrogens with one attached hydrogen (secondary N) is 2. The van der Waals surface area contributed by atoms with E-state index in [9.17, 15) is 27.9 Å². The summed E-state index contributed by atoms with van der Waals surface area (Å²) in [5, 5.41) is 18.5. The molecule has 4 rings (SSSR count). The summed E-state index contributed by atoms with van der Waals surface area (Å²) in [5.41, 5.74) is 3.54. The maximum absolute atomic E-state index is 13.0. The van der Waals surface area contributed by atoms with Gasteiger partial charge in [-0.05, 0) is 50.8 Å². The second-order valence-corrected chi connectivity index (χ2v) is 10.7. The van der Waals surface area contributed by atoms with Crippen LogP contribution < -0.4 is 16.4 Å². The lowest BCUT2D eigenvalue weighted by molar-refractivity contribution is -0.150. The summed E-state index contributed by atoms with van der Waals surface area (Å²) in [6.45, 7) is 2.24. The zero-order chi connectivity index (χ0) is 26.1. The number of hydrogen-bond acceptors (Lipinski definition) is 7. The molecule has 2 amide bonds. The van der Waals surface area contributed by atoms with Gasteiger partial charge in [0.2, 0.25) is 11.8 Å². The Morgan fingerprint density at radius 1 is 1.31 bits per heavy atom. The maximum Gasteiger partial charge on any atom is 0.416 e. The lowest BCUT2D eigenvalue weighted by atomic mass is 9.70. The highest BCUT2D eigenvalue weighted by atomic mass is 32.1. The van der Waals surface area contributed by atoms with Crippen LogP contribution in [0.4, 0.5) is 18.9 Å². The van der Waals surface area contributed by atoms with Gasteiger partial charge >= 0.3 is 6.18 Å². The smallest absolute Gasteiger partial charge is 0.383 e. The normalized spacial score (nSPS) is 25.0. The average molecular weight is 526 g/mol. The number of aromatic nitrogens is 1. The third-order valence-corrected chi connectivity index (χ3v) is 8.27. The van der Waals surface area contributed by atoms with E-state index in [-0.39, 0.29) is 24.2 Å². The monoisotopic (exact) mass is 525 g/mol. The minimum atomic E-state index is -4.52. The third kappa shape index (κ3) is 5.41. The van der Waals surface area contributed by atoms with Gasteiger partial charge in [0.25, 0.3) is 0 Å². The summed E-state index contributed by atoms with van der Waals surface area (Å²) < 4.78 is 38.6. The van der Waals surface area contributed by atoms with Crippen molar-refractivity contribution < 1.29 is 27.9 Å². The summed E-state index contributed by atoms with van der Waals surface area (Å²) in [6.07, 6.45) is -0.108. The molecule has 2 heterocycles. The molecule has 1 aromatic carbocycles. The first-order valence-electron chi connectivity index (χ1n) is 11.8. The predicted octanol–water partition coefficient (Wildman–Crippen LogP) is 2.70. The van der Waals surface area contributed by atoms with Crippen LogP contribution >= 0.6 is 11.3 Å². The van der Waals surface area contributed by atoms with Crippen LogP contribution in [-0.2, 0) is 21.4 Å². The molecular weight excluding hydrogens is 495 g/mol. The Hall–Kier alpha value is -2.54. The van der Waals surface area contributed by atoms with Gasteiger partial charge in [-0.3, -0.25) is 14.5 Å². The van der Waals surface area contributed by atoms with Crippen LogP contribution in [0.5, 0.6) is 0 Å². The minimum Gasteiger partial charge on any atom is -0.383 e. The Morgan fingerprint density at radius 3 is 2.58 bits per heavy atom. The van der Waals surface area contributed by atoms with Crippen molar-refractivity contribution in [3.63, 3.8) is 0 Å². The Kier molecular flexibility index (Phi) is 7.42. The molecule has 1 saturated heterocycles. The maximum atomic E-state index is 13.0. The Balaban J connectivity index is 1.28. The second kappa shape index (κ2) is 10.1. The van der Waals surface area contributed by atoms with Crippen LogP contribution in [0.3, 0.4) is 0 Å². The van der Waals surface area contributed by atoms with Crippen LogP contribution in [0.25, 0.3) is 0 Å². The number of amides is 2. The van der Waals surface area contributed by atoms with E-state index >= 15 is 0 Å². The van der Waals surface area contributed by atoms with Gasteiger partial charge in [-0.2, -0.15) is 13.2 Å². The van der Waals surface area contributed by atoms with Crippen LogP contribution in [0.15, 0.2) is 35.8 Å². The van der Waals surface area contributed by atoms with E-state index in [1.807, 2.05) is 5.38 Å². The van der Waals surface area contributed by atoms with Crippen molar-refractivity contribution >= 4 is 28.8 Å². The molecule has 196 valence electrons. The van der Waals surface area contributed by atoms with E-state index in [1.54, 1.807) is 13.1 Å². The molecule has 2 fully saturated rings. The fourth-order valence-corrected chi connectivity index (χ4v) is 5.80. The molecule has 0 bridgehead atoms. The van der Waals surface area contributed by atoms with Crippen molar-refractivity contribution in [2.45, 2.75) is 56.5 Å². The molecule has 2 aliphatic rings. The largest absolute Gasteiger partial charge is 0.416 e. The third-order valence-electron chi connectivity index (χ3n) is 7.31. The van der Waals surface area contributed by atoms with Gasteiger partial charge in [0.05, 0.1) is 17.5 Å². The molecule has 36 heavy (non-hydrogen) atoms. The van der Waals surface area contributed by atoms with E-state index < -0.39 is 34.7 Å². The number of hydrogen-bond donors (Lipinski definition) is 4. The number of nitrogens with two attached hydrogens (primary N) is 1. The summed E-state index contributed by atoms with van der Waals surface area (Å²) in [4.78, 5) is 31.8. The van der Waals surface area contributed by atoms with E-state index in [0.717, 1.165) is 30.0 Å². The van der Waals surface area contributed by atoms with Crippen LogP contribution in [0.1, 0.15) is 43.2 Å². The van der Waals surface area contributed by atoms with E-state index in [4.69, 9.17) is 5.73 Å². The topological polar surface area (TPSA) is 121 Å². The number of thiazole rings is 1. The van der Waals surface area contributed by atoms with Gasteiger partial charge in [-0.1, -0.05) is 6.07 Å². The number of rotatable bonds is 7. The Bertz CT molecular complexity index is 1080. The van der Waals surface area contributed by atoms with Crippen LogP contribution in [0.2, 0.25) is 0 Å². The van der Waals surface area contributed by atoms with Gasteiger partial charge in [0.15, 0.2) is 0 Å². The van der Waals surface area contributed by atoms with Gasteiger partial charge < -0.3 is 21.5 Å². The zero-order valence-corrected chi connectivity index (χ0v) is 20.7. The minimum absolute atomic E-state index is 0.00388. The molecule has 5 N–H and O–H groups in total. The fourth-order valence-electron chi connectivity index (χ4n) is 5.00. The average Bonchev–Trinajstić information content (AvgIpc) is 3.34. The first-order valence-corrected chi connectivity index (χ1v) is 12.7. The first-order chi connectivity index (χ1) is 16.9. The van der Waals surface area contributed by atoms with E-state index in [1.165, 1.54) is 23.5 Å². The molecule has 1 aromatic heterocycles. The highest BCUT2D eigenvalue weighted by Crippen LogP contribution is 2.43.